The third-order valence-corrected chi connectivity index (χ3v) is 5.15. The first kappa shape index (κ1) is 22.4. The van der Waals surface area contributed by atoms with Gasteiger partial charge in [-0.3, -0.25) is 24.8 Å². The monoisotopic (exact) mass is 455 g/mol. The van der Waals surface area contributed by atoms with Crippen molar-refractivity contribution in [3.05, 3.63) is 40.4 Å². The Morgan fingerprint density at radius 1 is 1.27 bits per heavy atom. The van der Waals surface area contributed by atoms with Crippen LogP contribution in [0.4, 0.5) is 11.9 Å². The lowest BCUT2D eigenvalue weighted by Crippen LogP contribution is -2.37. The molecule has 3 heterocycles. The van der Waals surface area contributed by atoms with Crippen LogP contribution in [0.15, 0.2) is 29.3 Å². The highest BCUT2D eigenvalue weighted by Gasteiger charge is 2.17. The summed E-state index contributed by atoms with van der Waals surface area (Å²) in [4.78, 5) is 41.8. The van der Waals surface area contributed by atoms with E-state index in [1.165, 1.54) is 19.5 Å². The molecule has 174 valence electrons. The molecule has 4 rings (SSSR count). The summed E-state index contributed by atoms with van der Waals surface area (Å²) < 4.78 is 16.8. The number of rotatable bonds is 8. The van der Waals surface area contributed by atoms with Crippen molar-refractivity contribution >= 4 is 28.7 Å². The number of ether oxygens (including phenoxy) is 3. The van der Waals surface area contributed by atoms with Crippen molar-refractivity contribution in [3.63, 3.8) is 0 Å². The quantitative estimate of drug-likeness (QED) is 0.412. The van der Waals surface area contributed by atoms with Gasteiger partial charge in [0.25, 0.3) is 11.5 Å². The predicted octanol–water partition coefficient (Wildman–Crippen LogP) is 0.657. The van der Waals surface area contributed by atoms with Crippen molar-refractivity contribution in [2.45, 2.75) is 6.42 Å². The number of H-pyrrole nitrogens is 1. The van der Waals surface area contributed by atoms with Crippen LogP contribution in [0.3, 0.4) is 0 Å². The number of morpholine rings is 1. The number of anilines is 2. The average Bonchev–Trinajstić information content (AvgIpc) is 2.82. The molecule has 12 heteroatoms. The molecule has 0 bridgehead atoms. The molecule has 1 fully saturated rings. The lowest BCUT2D eigenvalue weighted by Gasteiger charge is -2.26. The number of aromatic amines is 1. The summed E-state index contributed by atoms with van der Waals surface area (Å²) in [5, 5.41) is 2.84. The van der Waals surface area contributed by atoms with E-state index in [1.807, 2.05) is 0 Å². The van der Waals surface area contributed by atoms with E-state index in [2.05, 4.69) is 30.2 Å². The van der Waals surface area contributed by atoms with E-state index >= 15 is 0 Å². The zero-order valence-electron chi connectivity index (χ0n) is 18.2. The minimum absolute atomic E-state index is 0.0444. The van der Waals surface area contributed by atoms with Crippen molar-refractivity contribution in [1.82, 2.24) is 24.8 Å². The number of fused-ring (bicyclic) bond motifs is 1. The van der Waals surface area contributed by atoms with Gasteiger partial charge in [0, 0.05) is 32.0 Å². The number of nitrogen functional groups attached to an aromatic ring is 1. The van der Waals surface area contributed by atoms with Crippen LogP contribution in [0.25, 0.3) is 10.9 Å². The fourth-order valence-electron chi connectivity index (χ4n) is 3.46. The summed E-state index contributed by atoms with van der Waals surface area (Å²) in [6.45, 7) is 4.73. The summed E-state index contributed by atoms with van der Waals surface area (Å²) >= 11 is 0. The van der Waals surface area contributed by atoms with Gasteiger partial charge in [0.1, 0.15) is 5.52 Å². The molecule has 0 radical (unpaired) electrons. The Labute approximate surface area is 189 Å². The molecular formula is C21H25N7O5. The van der Waals surface area contributed by atoms with Crippen molar-refractivity contribution in [2.24, 2.45) is 0 Å². The summed E-state index contributed by atoms with van der Waals surface area (Å²) in [6.07, 6.45) is 3.38. The number of benzene rings is 1. The van der Waals surface area contributed by atoms with Crippen LogP contribution < -0.4 is 26.1 Å². The van der Waals surface area contributed by atoms with Gasteiger partial charge in [-0.25, -0.2) is 15.0 Å². The molecule has 0 saturated carbocycles. The summed E-state index contributed by atoms with van der Waals surface area (Å²) in [5.74, 6) is 0.237. The van der Waals surface area contributed by atoms with E-state index in [0.717, 1.165) is 39.3 Å². The van der Waals surface area contributed by atoms with E-state index in [4.69, 9.17) is 19.9 Å². The largest absolute Gasteiger partial charge is 0.491 e. The number of nitrogens with zero attached hydrogens (tertiary/aromatic N) is 4. The van der Waals surface area contributed by atoms with Crippen LogP contribution in [-0.4, -0.2) is 77.3 Å². The Balaban J connectivity index is 1.50. The third-order valence-electron chi connectivity index (χ3n) is 5.15. The number of nitrogens with one attached hydrogen (secondary N) is 2. The molecule has 0 unspecified atom stereocenters. The molecule has 1 saturated heterocycles. The maximum absolute atomic E-state index is 12.6. The molecule has 1 aliphatic heterocycles. The molecular weight excluding hydrogens is 430 g/mol. The zero-order chi connectivity index (χ0) is 23.2. The van der Waals surface area contributed by atoms with E-state index in [-0.39, 0.29) is 23.0 Å². The second-order valence-corrected chi connectivity index (χ2v) is 7.35. The van der Waals surface area contributed by atoms with E-state index in [1.54, 1.807) is 12.1 Å². The first-order valence-electron chi connectivity index (χ1n) is 10.5. The van der Waals surface area contributed by atoms with Gasteiger partial charge < -0.3 is 19.9 Å². The third kappa shape index (κ3) is 5.35. The first-order chi connectivity index (χ1) is 16.0. The minimum Gasteiger partial charge on any atom is -0.491 e. The highest BCUT2D eigenvalue weighted by molar-refractivity contribution is 6.03. The van der Waals surface area contributed by atoms with E-state index in [9.17, 15) is 9.59 Å². The van der Waals surface area contributed by atoms with Gasteiger partial charge in [-0.2, -0.15) is 0 Å². The van der Waals surface area contributed by atoms with Crippen molar-refractivity contribution < 1.29 is 19.0 Å². The SMILES string of the molecule is COc1c(OCCCN2CCOCC2)ccc2c(=O)[nH]c(NC(=O)c3cnc(N)nc3)nc12. The number of hydrogen-bond acceptors (Lipinski definition) is 10. The maximum Gasteiger partial charge on any atom is 0.261 e. The molecule has 0 spiro atoms. The fraction of sp³-hybridized carbons (Fsp3) is 0.381. The van der Waals surface area contributed by atoms with Crippen molar-refractivity contribution in [3.8, 4) is 11.5 Å². The second-order valence-electron chi connectivity index (χ2n) is 7.35. The fourth-order valence-corrected chi connectivity index (χ4v) is 3.46. The van der Waals surface area contributed by atoms with Crippen LogP contribution >= 0.6 is 0 Å². The van der Waals surface area contributed by atoms with Gasteiger partial charge >= 0.3 is 0 Å². The predicted molar refractivity (Wildman–Crippen MR) is 121 cm³/mol. The van der Waals surface area contributed by atoms with Gasteiger partial charge in [-0.1, -0.05) is 0 Å². The Morgan fingerprint density at radius 3 is 2.76 bits per heavy atom. The summed E-state index contributed by atoms with van der Waals surface area (Å²) in [5.41, 5.74) is 5.45. The normalized spacial score (nSPS) is 14.2. The molecule has 12 nitrogen and oxygen atoms in total. The minimum atomic E-state index is -0.549. The summed E-state index contributed by atoms with van der Waals surface area (Å²) in [6, 6.07) is 3.29. The Bertz CT molecular complexity index is 1180. The topological polar surface area (TPSA) is 158 Å². The Hall–Kier alpha value is -3.77. The molecule has 0 aliphatic carbocycles. The van der Waals surface area contributed by atoms with Crippen LogP contribution in [0.1, 0.15) is 16.8 Å². The van der Waals surface area contributed by atoms with Crippen LogP contribution in [0.5, 0.6) is 11.5 Å². The van der Waals surface area contributed by atoms with Gasteiger partial charge in [-0.05, 0) is 18.6 Å². The smallest absolute Gasteiger partial charge is 0.261 e. The average molecular weight is 455 g/mol. The first-order valence-corrected chi connectivity index (χ1v) is 10.5. The Kier molecular flexibility index (Phi) is 6.95. The van der Waals surface area contributed by atoms with Crippen LogP contribution in [0.2, 0.25) is 0 Å². The van der Waals surface area contributed by atoms with Crippen LogP contribution in [0, 0.1) is 0 Å². The second kappa shape index (κ2) is 10.2. The van der Waals surface area contributed by atoms with Crippen molar-refractivity contribution in [2.75, 3.05) is 57.6 Å². The molecule has 1 aliphatic rings. The molecule has 1 aromatic carbocycles. The number of carbonyl (C=O) groups is 1. The standard InChI is InChI=1S/C21H25N7O5/c1-31-17-15(33-8-2-5-28-6-9-32-10-7-28)4-3-14-16(17)25-21(27-19(14)30)26-18(29)13-11-23-20(22)24-12-13/h3-4,11-12H,2,5-10H2,1H3,(H2,22,23,24)(H2,25,26,27,29,30). The number of carbonyl (C=O) groups excluding carboxylic acids is 1. The molecule has 2 aromatic heterocycles. The lowest BCUT2D eigenvalue weighted by molar-refractivity contribution is 0.0357. The van der Waals surface area contributed by atoms with Gasteiger partial charge in [0.15, 0.2) is 11.5 Å². The van der Waals surface area contributed by atoms with E-state index in [0.29, 0.717) is 23.5 Å². The van der Waals surface area contributed by atoms with Crippen molar-refractivity contribution in [1.29, 1.82) is 0 Å². The van der Waals surface area contributed by atoms with Crippen LogP contribution in [-0.2, 0) is 4.74 Å². The summed E-state index contributed by atoms with van der Waals surface area (Å²) in [7, 11) is 1.47. The molecule has 3 aromatic rings. The lowest BCUT2D eigenvalue weighted by atomic mass is 10.2. The molecule has 1 amide bonds. The number of methoxy groups -OCH3 is 1. The van der Waals surface area contributed by atoms with E-state index < -0.39 is 11.5 Å². The van der Waals surface area contributed by atoms with Gasteiger partial charge in [0.05, 0.1) is 37.9 Å². The number of aromatic nitrogens is 4. The van der Waals surface area contributed by atoms with Gasteiger partial charge in [-0.15, -0.1) is 0 Å². The zero-order valence-corrected chi connectivity index (χ0v) is 18.2. The Morgan fingerprint density at radius 2 is 2.03 bits per heavy atom. The highest BCUT2D eigenvalue weighted by Crippen LogP contribution is 2.33. The maximum atomic E-state index is 12.6. The number of hydrogen-bond donors (Lipinski definition) is 3. The molecule has 0 atom stereocenters. The number of nitrogens with two attached hydrogens (primary N) is 1. The molecule has 33 heavy (non-hydrogen) atoms. The molecule has 4 N–H and O–H groups in total. The van der Waals surface area contributed by atoms with Gasteiger partial charge in [0.2, 0.25) is 11.9 Å². The highest BCUT2D eigenvalue weighted by atomic mass is 16.5. The number of amides is 1.